The maximum atomic E-state index is 12.4. The van der Waals surface area contributed by atoms with Gasteiger partial charge in [-0.15, -0.1) is 0 Å². The van der Waals surface area contributed by atoms with Crippen LogP contribution in [0.1, 0.15) is 5.56 Å². The summed E-state index contributed by atoms with van der Waals surface area (Å²) < 4.78 is 10.5. The molecule has 4 nitrogen and oxygen atoms in total. The highest BCUT2D eigenvalue weighted by Gasteiger charge is 2.09. The number of ether oxygens (including phenoxy) is 2. The summed E-state index contributed by atoms with van der Waals surface area (Å²) in [5.41, 5.74) is 1.72. The van der Waals surface area contributed by atoms with Gasteiger partial charge < -0.3 is 14.8 Å². The number of carbonyl (C=O) groups excluding carboxylic acids is 1. The molecule has 3 aromatic carbocycles. The van der Waals surface area contributed by atoms with Crippen molar-refractivity contribution >= 4 is 22.4 Å². The van der Waals surface area contributed by atoms with Gasteiger partial charge in [-0.2, -0.15) is 0 Å². The third-order valence-electron chi connectivity index (χ3n) is 3.90. The van der Waals surface area contributed by atoms with Crippen LogP contribution in [-0.4, -0.2) is 20.1 Å². The second-order valence-electron chi connectivity index (χ2n) is 5.43. The second-order valence-corrected chi connectivity index (χ2v) is 5.43. The Morgan fingerprint density at radius 3 is 2.25 bits per heavy atom. The Hall–Kier alpha value is -3.01. The lowest BCUT2D eigenvalue weighted by Crippen LogP contribution is -2.14. The number of anilines is 1. The summed E-state index contributed by atoms with van der Waals surface area (Å²) in [4.78, 5) is 12.4. The first-order chi connectivity index (χ1) is 11.7. The molecule has 3 rings (SSSR count). The molecule has 0 radical (unpaired) electrons. The normalized spacial score (nSPS) is 10.4. The molecule has 0 unspecified atom stereocenters. The Bertz CT molecular complexity index is 856. The molecule has 3 aromatic rings. The lowest BCUT2D eigenvalue weighted by atomic mass is 10.1. The van der Waals surface area contributed by atoms with E-state index in [0.717, 1.165) is 33.5 Å². The first-order valence-corrected chi connectivity index (χ1v) is 7.70. The van der Waals surface area contributed by atoms with Gasteiger partial charge in [-0.25, -0.2) is 0 Å². The van der Waals surface area contributed by atoms with Crippen molar-refractivity contribution in [1.82, 2.24) is 0 Å². The Morgan fingerprint density at radius 2 is 1.58 bits per heavy atom. The van der Waals surface area contributed by atoms with E-state index in [1.165, 1.54) is 0 Å². The topological polar surface area (TPSA) is 47.6 Å². The van der Waals surface area contributed by atoms with Gasteiger partial charge in [0.1, 0.15) is 11.5 Å². The van der Waals surface area contributed by atoms with Crippen molar-refractivity contribution in [3.8, 4) is 11.5 Å². The summed E-state index contributed by atoms with van der Waals surface area (Å²) in [6, 6.07) is 19.1. The van der Waals surface area contributed by atoms with E-state index in [0.29, 0.717) is 6.42 Å². The zero-order valence-electron chi connectivity index (χ0n) is 13.7. The van der Waals surface area contributed by atoms with E-state index < -0.39 is 0 Å². The first kappa shape index (κ1) is 15.9. The largest absolute Gasteiger partial charge is 0.497 e. The summed E-state index contributed by atoms with van der Waals surface area (Å²) in [7, 11) is 3.26. The van der Waals surface area contributed by atoms with Crippen molar-refractivity contribution in [3.63, 3.8) is 0 Å². The SMILES string of the molecule is COc1ccc(CC(=O)Nc2ccc(OC)c3ccccc23)cc1. The zero-order chi connectivity index (χ0) is 16.9. The molecule has 0 saturated heterocycles. The van der Waals surface area contributed by atoms with E-state index in [9.17, 15) is 4.79 Å². The molecule has 24 heavy (non-hydrogen) atoms. The standard InChI is InChI=1S/C20H19NO3/c1-23-15-9-7-14(8-10-15)13-20(22)21-18-11-12-19(24-2)17-6-4-3-5-16(17)18/h3-12H,13H2,1-2H3,(H,21,22). The van der Waals surface area contributed by atoms with Crippen LogP contribution >= 0.6 is 0 Å². The number of amides is 1. The minimum atomic E-state index is -0.0597. The fourth-order valence-corrected chi connectivity index (χ4v) is 2.68. The number of nitrogens with one attached hydrogen (secondary N) is 1. The van der Waals surface area contributed by atoms with Crippen molar-refractivity contribution in [2.45, 2.75) is 6.42 Å². The number of benzene rings is 3. The molecule has 1 amide bonds. The average Bonchev–Trinajstić information content (AvgIpc) is 2.62. The van der Waals surface area contributed by atoms with E-state index >= 15 is 0 Å². The highest BCUT2D eigenvalue weighted by molar-refractivity contribution is 6.04. The van der Waals surface area contributed by atoms with Gasteiger partial charge in [-0.05, 0) is 29.8 Å². The molecular formula is C20H19NO3. The molecule has 0 spiro atoms. The van der Waals surface area contributed by atoms with Crippen LogP contribution in [0.3, 0.4) is 0 Å². The number of methoxy groups -OCH3 is 2. The molecule has 0 heterocycles. The van der Waals surface area contributed by atoms with E-state index in [1.807, 2.05) is 60.7 Å². The predicted molar refractivity (Wildman–Crippen MR) is 95.8 cm³/mol. The quantitative estimate of drug-likeness (QED) is 0.771. The molecule has 0 saturated carbocycles. The van der Waals surface area contributed by atoms with Gasteiger partial charge in [0.2, 0.25) is 5.91 Å². The van der Waals surface area contributed by atoms with Crippen LogP contribution in [0.2, 0.25) is 0 Å². The van der Waals surface area contributed by atoms with Gasteiger partial charge in [0.05, 0.1) is 20.6 Å². The Labute approximate surface area is 141 Å². The number of fused-ring (bicyclic) bond motifs is 1. The van der Waals surface area contributed by atoms with Crippen LogP contribution < -0.4 is 14.8 Å². The van der Waals surface area contributed by atoms with Crippen LogP contribution in [0.4, 0.5) is 5.69 Å². The van der Waals surface area contributed by atoms with Gasteiger partial charge in [0.15, 0.2) is 0 Å². The van der Waals surface area contributed by atoms with E-state index in [2.05, 4.69) is 5.32 Å². The van der Waals surface area contributed by atoms with E-state index in [-0.39, 0.29) is 5.91 Å². The van der Waals surface area contributed by atoms with Crippen LogP contribution in [0.15, 0.2) is 60.7 Å². The zero-order valence-corrected chi connectivity index (χ0v) is 13.7. The van der Waals surface area contributed by atoms with E-state index in [4.69, 9.17) is 9.47 Å². The Balaban J connectivity index is 1.80. The van der Waals surface area contributed by atoms with Gasteiger partial charge in [0, 0.05) is 16.5 Å². The number of rotatable bonds is 5. The van der Waals surface area contributed by atoms with Crippen LogP contribution in [0, 0.1) is 0 Å². The van der Waals surface area contributed by atoms with Gasteiger partial charge in [-0.3, -0.25) is 4.79 Å². The highest BCUT2D eigenvalue weighted by Crippen LogP contribution is 2.31. The molecule has 0 aliphatic rings. The molecule has 0 aliphatic carbocycles. The maximum absolute atomic E-state index is 12.4. The smallest absolute Gasteiger partial charge is 0.228 e. The van der Waals surface area contributed by atoms with Crippen LogP contribution in [0.5, 0.6) is 11.5 Å². The van der Waals surface area contributed by atoms with Crippen molar-refractivity contribution < 1.29 is 14.3 Å². The molecule has 4 heteroatoms. The van der Waals surface area contributed by atoms with Gasteiger partial charge in [-0.1, -0.05) is 36.4 Å². The summed E-state index contributed by atoms with van der Waals surface area (Å²) in [5, 5.41) is 4.92. The Morgan fingerprint density at radius 1 is 0.875 bits per heavy atom. The summed E-state index contributed by atoms with van der Waals surface area (Å²) in [5.74, 6) is 1.51. The van der Waals surface area contributed by atoms with E-state index in [1.54, 1.807) is 14.2 Å². The van der Waals surface area contributed by atoms with Crippen molar-refractivity contribution in [3.05, 3.63) is 66.2 Å². The minimum absolute atomic E-state index is 0.0597. The predicted octanol–water partition coefficient (Wildman–Crippen LogP) is 4.04. The molecule has 0 bridgehead atoms. The third kappa shape index (κ3) is 3.33. The van der Waals surface area contributed by atoms with Gasteiger partial charge in [0.25, 0.3) is 0 Å². The maximum Gasteiger partial charge on any atom is 0.228 e. The molecular weight excluding hydrogens is 302 g/mol. The van der Waals surface area contributed by atoms with Crippen LogP contribution in [-0.2, 0) is 11.2 Å². The summed E-state index contributed by atoms with van der Waals surface area (Å²) >= 11 is 0. The monoisotopic (exact) mass is 321 g/mol. The van der Waals surface area contributed by atoms with Crippen molar-refractivity contribution in [1.29, 1.82) is 0 Å². The van der Waals surface area contributed by atoms with Crippen molar-refractivity contribution in [2.24, 2.45) is 0 Å². The molecule has 0 aromatic heterocycles. The summed E-state index contributed by atoms with van der Waals surface area (Å²) in [6.07, 6.45) is 0.310. The van der Waals surface area contributed by atoms with Crippen molar-refractivity contribution in [2.75, 3.05) is 19.5 Å². The molecule has 0 aliphatic heterocycles. The second kappa shape index (κ2) is 7.04. The van der Waals surface area contributed by atoms with Gasteiger partial charge >= 0.3 is 0 Å². The molecule has 0 fully saturated rings. The minimum Gasteiger partial charge on any atom is -0.497 e. The summed E-state index contributed by atoms with van der Waals surface area (Å²) in [6.45, 7) is 0. The molecule has 122 valence electrons. The lowest BCUT2D eigenvalue weighted by molar-refractivity contribution is -0.115. The average molecular weight is 321 g/mol. The fraction of sp³-hybridized carbons (Fsp3) is 0.150. The highest BCUT2D eigenvalue weighted by atomic mass is 16.5. The number of hydrogen-bond donors (Lipinski definition) is 1. The number of hydrogen-bond acceptors (Lipinski definition) is 3. The first-order valence-electron chi connectivity index (χ1n) is 7.70. The van der Waals surface area contributed by atoms with Crippen LogP contribution in [0.25, 0.3) is 10.8 Å². The third-order valence-corrected chi connectivity index (χ3v) is 3.90. The lowest BCUT2D eigenvalue weighted by Gasteiger charge is -2.12. The molecule has 0 atom stereocenters. The molecule has 1 N–H and O–H groups in total. The fourth-order valence-electron chi connectivity index (χ4n) is 2.68. The Kier molecular flexibility index (Phi) is 4.66. The number of carbonyl (C=O) groups is 1.